The number of nitrogens with one attached hydrogen (secondary N) is 1. The van der Waals surface area contributed by atoms with Gasteiger partial charge < -0.3 is 10.4 Å². The van der Waals surface area contributed by atoms with Crippen LogP contribution in [0.3, 0.4) is 0 Å². The van der Waals surface area contributed by atoms with Crippen molar-refractivity contribution in [3.63, 3.8) is 0 Å². The van der Waals surface area contributed by atoms with Gasteiger partial charge >= 0.3 is 12.1 Å². The molecule has 2 heterocycles. The van der Waals surface area contributed by atoms with Crippen LogP contribution in [0.5, 0.6) is 0 Å². The van der Waals surface area contributed by atoms with Crippen LogP contribution < -0.4 is 5.32 Å². The number of hydrogen-bond acceptors (Lipinski definition) is 5. The lowest BCUT2D eigenvalue weighted by Gasteiger charge is -2.10. The largest absolute Gasteiger partial charge is 0.490 e. The molecule has 0 amide bonds. The third kappa shape index (κ3) is 5.67. The molecule has 1 aromatic carbocycles. The van der Waals surface area contributed by atoms with Crippen molar-refractivity contribution >= 4 is 16.0 Å². The van der Waals surface area contributed by atoms with Crippen molar-refractivity contribution in [2.45, 2.75) is 17.6 Å². The molecule has 0 atom stereocenters. The maximum absolute atomic E-state index is 12.9. The number of alkyl halides is 3. The summed E-state index contributed by atoms with van der Waals surface area (Å²) < 4.78 is 59.0. The average Bonchev–Trinajstić information content (AvgIpc) is 3.14. The Bertz CT molecular complexity index is 1080. The van der Waals surface area contributed by atoms with Crippen molar-refractivity contribution in [2.75, 3.05) is 7.05 Å². The van der Waals surface area contributed by atoms with Crippen molar-refractivity contribution in [1.82, 2.24) is 14.3 Å². The molecule has 0 unspecified atom stereocenters. The molecule has 30 heavy (non-hydrogen) atoms. The summed E-state index contributed by atoms with van der Waals surface area (Å²) in [5.41, 5.74) is 2.39. The molecule has 0 spiro atoms. The van der Waals surface area contributed by atoms with Crippen LogP contribution in [0.2, 0.25) is 0 Å². The first kappa shape index (κ1) is 23.1. The minimum atomic E-state index is -5.08. The van der Waals surface area contributed by atoms with Crippen molar-refractivity contribution in [1.29, 1.82) is 0 Å². The van der Waals surface area contributed by atoms with Crippen LogP contribution in [-0.2, 0) is 21.4 Å². The maximum Gasteiger partial charge on any atom is 0.490 e. The lowest BCUT2D eigenvalue weighted by molar-refractivity contribution is -0.192. The van der Waals surface area contributed by atoms with E-state index in [2.05, 4.69) is 10.3 Å². The molecular weight excluding hydrogens is 423 g/mol. The van der Waals surface area contributed by atoms with Gasteiger partial charge in [-0.2, -0.15) is 13.2 Å². The van der Waals surface area contributed by atoms with E-state index in [1.54, 1.807) is 24.5 Å². The first-order valence-corrected chi connectivity index (χ1v) is 9.88. The number of carboxylic acids is 1. The second-order valence-corrected chi connectivity index (χ2v) is 7.74. The van der Waals surface area contributed by atoms with E-state index < -0.39 is 22.2 Å². The molecule has 0 radical (unpaired) electrons. The van der Waals surface area contributed by atoms with E-state index >= 15 is 0 Å². The molecule has 2 aromatic heterocycles. The number of hydrogen-bond donors (Lipinski definition) is 2. The molecular formula is C19H18F3N3O4S. The number of aliphatic carboxylic acids is 1. The van der Waals surface area contributed by atoms with Crippen molar-refractivity contribution in [3.05, 3.63) is 72.7 Å². The highest BCUT2D eigenvalue weighted by molar-refractivity contribution is 7.90. The summed E-state index contributed by atoms with van der Waals surface area (Å²) >= 11 is 0. The molecule has 0 aliphatic heterocycles. The molecule has 0 saturated carbocycles. The molecule has 11 heteroatoms. The predicted molar refractivity (Wildman–Crippen MR) is 103 cm³/mol. The normalized spacial score (nSPS) is 11.5. The first-order valence-electron chi connectivity index (χ1n) is 8.44. The summed E-state index contributed by atoms with van der Waals surface area (Å²) in [5.74, 6) is -2.76. The van der Waals surface area contributed by atoms with Gasteiger partial charge in [0, 0.05) is 25.1 Å². The van der Waals surface area contributed by atoms with Crippen molar-refractivity contribution in [2.24, 2.45) is 0 Å². The number of nitrogens with zero attached hydrogens (tertiary/aromatic N) is 2. The molecule has 0 bridgehead atoms. The number of carbonyl (C=O) groups is 1. The summed E-state index contributed by atoms with van der Waals surface area (Å²) in [4.78, 5) is 13.0. The predicted octanol–water partition coefficient (Wildman–Crippen LogP) is 3.14. The molecule has 0 fully saturated rings. The van der Waals surface area contributed by atoms with Gasteiger partial charge in [-0.3, -0.25) is 4.98 Å². The molecule has 3 rings (SSSR count). The van der Waals surface area contributed by atoms with Crippen molar-refractivity contribution < 1.29 is 31.5 Å². The summed E-state index contributed by atoms with van der Waals surface area (Å²) in [6.45, 7) is 0.593. The van der Waals surface area contributed by atoms with E-state index in [1.807, 2.05) is 43.4 Å². The molecule has 3 aromatic rings. The van der Waals surface area contributed by atoms with E-state index in [-0.39, 0.29) is 4.90 Å². The molecule has 2 N–H and O–H groups in total. The molecule has 160 valence electrons. The third-order valence-corrected chi connectivity index (χ3v) is 5.38. The minimum Gasteiger partial charge on any atom is -0.475 e. The van der Waals surface area contributed by atoms with Crippen LogP contribution in [-0.4, -0.2) is 41.7 Å². The fraction of sp³-hybridized carbons (Fsp3) is 0.158. The molecule has 0 saturated heterocycles. The lowest BCUT2D eigenvalue weighted by Crippen LogP contribution is -2.21. The number of aromatic nitrogens is 2. The van der Waals surface area contributed by atoms with Crippen LogP contribution in [0, 0.1) is 0 Å². The van der Waals surface area contributed by atoms with Gasteiger partial charge in [0.1, 0.15) is 4.90 Å². The Labute approximate surface area is 170 Å². The lowest BCUT2D eigenvalue weighted by atomic mass is 10.1. The van der Waals surface area contributed by atoms with Crippen LogP contribution in [0.4, 0.5) is 13.2 Å². The Morgan fingerprint density at radius 1 is 1.17 bits per heavy atom. The molecule has 0 aliphatic carbocycles. The number of benzene rings is 1. The fourth-order valence-corrected chi connectivity index (χ4v) is 3.79. The zero-order chi connectivity index (χ0) is 22.4. The van der Waals surface area contributed by atoms with E-state index in [4.69, 9.17) is 9.90 Å². The zero-order valence-electron chi connectivity index (χ0n) is 15.7. The monoisotopic (exact) mass is 441 g/mol. The van der Waals surface area contributed by atoms with Gasteiger partial charge in [-0.05, 0) is 36.4 Å². The Hall–Kier alpha value is -3.18. The van der Waals surface area contributed by atoms with Gasteiger partial charge in [0.2, 0.25) is 0 Å². The standard InChI is InChI=1S/C17H17N3O2S.C2HF3O2/c1-18-11-14-10-17(15-6-3-2-4-7-15)20(13-14)23(21,22)16-8-5-9-19-12-16;3-2(4,5)1(6)7/h2-10,12-13,18H,11H2,1H3;(H,6,7). The summed E-state index contributed by atoms with van der Waals surface area (Å²) in [7, 11) is -1.86. The quantitative estimate of drug-likeness (QED) is 0.631. The first-order chi connectivity index (χ1) is 14.1. The van der Waals surface area contributed by atoms with E-state index in [0.29, 0.717) is 12.2 Å². The number of halogens is 3. The van der Waals surface area contributed by atoms with Gasteiger partial charge in [0.15, 0.2) is 0 Å². The second kappa shape index (κ2) is 9.55. The van der Waals surface area contributed by atoms with Gasteiger partial charge in [-0.15, -0.1) is 0 Å². The van der Waals surface area contributed by atoms with Crippen molar-refractivity contribution in [3.8, 4) is 11.3 Å². The highest BCUT2D eigenvalue weighted by Crippen LogP contribution is 2.26. The minimum absolute atomic E-state index is 0.170. The molecule has 0 aliphatic rings. The van der Waals surface area contributed by atoms with Crippen LogP contribution in [0.1, 0.15) is 5.56 Å². The van der Waals surface area contributed by atoms with Gasteiger partial charge in [-0.1, -0.05) is 30.3 Å². The number of rotatable bonds is 5. The van der Waals surface area contributed by atoms with E-state index in [9.17, 15) is 21.6 Å². The third-order valence-electron chi connectivity index (χ3n) is 3.73. The summed E-state index contributed by atoms with van der Waals surface area (Å²) in [5, 5.41) is 10.2. The zero-order valence-corrected chi connectivity index (χ0v) is 16.5. The summed E-state index contributed by atoms with van der Waals surface area (Å²) in [6, 6.07) is 14.5. The van der Waals surface area contributed by atoms with Crippen LogP contribution in [0.15, 0.2) is 72.0 Å². The highest BCUT2D eigenvalue weighted by Gasteiger charge is 2.38. The Morgan fingerprint density at radius 3 is 2.30 bits per heavy atom. The number of carboxylic acid groups (broad SMARTS) is 1. The highest BCUT2D eigenvalue weighted by atomic mass is 32.2. The SMILES string of the molecule is CNCc1cc(-c2ccccc2)n(S(=O)(=O)c2cccnc2)c1.O=C(O)C(F)(F)F. The van der Waals surface area contributed by atoms with Gasteiger partial charge in [-0.25, -0.2) is 17.2 Å². The Morgan fingerprint density at radius 2 is 1.80 bits per heavy atom. The average molecular weight is 441 g/mol. The summed E-state index contributed by atoms with van der Waals surface area (Å²) in [6.07, 6.45) is -0.512. The number of pyridine rings is 1. The van der Waals surface area contributed by atoms with E-state index in [1.165, 1.54) is 10.2 Å². The van der Waals surface area contributed by atoms with Crippen LogP contribution >= 0.6 is 0 Å². The maximum atomic E-state index is 12.9. The van der Waals surface area contributed by atoms with Gasteiger partial charge in [0.05, 0.1) is 5.69 Å². The topological polar surface area (TPSA) is 101 Å². The molecule has 7 nitrogen and oxygen atoms in total. The second-order valence-electron chi connectivity index (χ2n) is 5.92. The van der Waals surface area contributed by atoms with Crippen LogP contribution in [0.25, 0.3) is 11.3 Å². The Kier molecular flexibility index (Phi) is 7.35. The fourth-order valence-electron chi connectivity index (χ4n) is 2.43. The van der Waals surface area contributed by atoms with E-state index in [0.717, 1.165) is 11.1 Å². The van der Waals surface area contributed by atoms with Gasteiger partial charge in [0.25, 0.3) is 10.0 Å². The smallest absolute Gasteiger partial charge is 0.475 e. The Balaban J connectivity index is 0.000000396.